The summed E-state index contributed by atoms with van der Waals surface area (Å²) >= 11 is 0. The van der Waals surface area contributed by atoms with Gasteiger partial charge in [0, 0.05) is 5.56 Å². The molecule has 3 aromatic carbocycles. The minimum absolute atomic E-state index is 0.135. The lowest BCUT2D eigenvalue weighted by Crippen LogP contribution is -2.46. The summed E-state index contributed by atoms with van der Waals surface area (Å²) in [6.45, 7) is 2.83. The summed E-state index contributed by atoms with van der Waals surface area (Å²) in [5.41, 5.74) is 5.25. The molecule has 30 heavy (non-hydrogen) atoms. The van der Waals surface area contributed by atoms with Crippen molar-refractivity contribution in [2.45, 2.75) is 13.5 Å². The van der Waals surface area contributed by atoms with Gasteiger partial charge < -0.3 is 10.1 Å². The number of hydrogen-bond acceptors (Lipinski definition) is 4. The highest BCUT2D eigenvalue weighted by Crippen LogP contribution is 2.15. The molecule has 0 spiro atoms. The molecule has 0 heterocycles. The molecule has 3 rings (SSSR count). The predicted octanol–water partition coefficient (Wildman–Crippen LogP) is 3.55. The van der Waals surface area contributed by atoms with Crippen molar-refractivity contribution in [3.8, 4) is 5.75 Å². The van der Waals surface area contributed by atoms with Crippen LogP contribution in [0.4, 0.5) is 5.69 Å². The number of para-hydroxylation sites is 1. The molecule has 2 N–H and O–H groups in total. The van der Waals surface area contributed by atoms with Gasteiger partial charge in [-0.2, -0.15) is 0 Å². The number of carbonyl (C=O) groups excluding carboxylic acids is 2. The Labute approximate surface area is 176 Å². The fourth-order valence-electron chi connectivity index (χ4n) is 2.89. The van der Waals surface area contributed by atoms with Gasteiger partial charge in [0.05, 0.1) is 25.4 Å². The molecule has 6 heteroatoms. The van der Waals surface area contributed by atoms with Crippen molar-refractivity contribution < 1.29 is 14.3 Å². The van der Waals surface area contributed by atoms with E-state index in [1.807, 2.05) is 67.6 Å². The summed E-state index contributed by atoms with van der Waals surface area (Å²) < 4.78 is 5.37. The smallest absolute Gasteiger partial charge is 0.257 e. The van der Waals surface area contributed by atoms with Crippen LogP contribution >= 0.6 is 0 Å². The van der Waals surface area contributed by atoms with E-state index in [4.69, 9.17) is 4.74 Å². The second-order valence-corrected chi connectivity index (χ2v) is 6.58. The van der Waals surface area contributed by atoms with Gasteiger partial charge in [0.15, 0.2) is 0 Å². The van der Waals surface area contributed by atoms with Crippen LogP contribution in [0, 0.1) is 0 Å². The first kappa shape index (κ1) is 20.9. The number of amides is 2. The first-order chi connectivity index (χ1) is 14.7. The molecule has 6 nitrogen and oxygen atoms in total. The van der Waals surface area contributed by atoms with Gasteiger partial charge in [0.1, 0.15) is 5.75 Å². The largest absolute Gasteiger partial charge is 0.494 e. The molecule has 0 bridgehead atoms. The van der Waals surface area contributed by atoms with Crippen LogP contribution in [0.2, 0.25) is 0 Å². The van der Waals surface area contributed by atoms with Gasteiger partial charge in [-0.1, -0.05) is 48.5 Å². The number of hydrazine groups is 1. The average Bonchev–Trinajstić information content (AvgIpc) is 2.79. The Kier molecular flexibility index (Phi) is 7.44. The minimum atomic E-state index is -0.317. The molecule has 2 amide bonds. The van der Waals surface area contributed by atoms with Crippen molar-refractivity contribution in [3.63, 3.8) is 0 Å². The van der Waals surface area contributed by atoms with Crippen LogP contribution in [-0.4, -0.2) is 25.0 Å². The zero-order valence-electron chi connectivity index (χ0n) is 16.9. The van der Waals surface area contributed by atoms with Crippen molar-refractivity contribution in [3.05, 3.63) is 96.1 Å². The second-order valence-electron chi connectivity index (χ2n) is 6.58. The summed E-state index contributed by atoms with van der Waals surface area (Å²) in [4.78, 5) is 24.8. The van der Waals surface area contributed by atoms with Crippen LogP contribution in [-0.2, 0) is 11.3 Å². The van der Waals surface area contributed by atoms with Crippen molar-refractivity contribution in [2.75, 3.05) is 18.2 Å². The first-order valence-electron chi connectivity index (χ1n) is 9.82. The van der Waals surface area contributed by atoms with Gasteiger partial charge in [-0.15, -0.1) is 0 Å². The summed E-state index contributed by atoms with van der Waals surface area (Å²) in [5.74, 6) is 0.0720. The second kappa shape index (κ2) is 10.7. The quantitative estimate of drug-likeness (QED) is 0.536. The van der Waals surface area contributed by atoms with Crippen LogP contribution < -0.4 is 20.5 Å². The van der Waals surface area contributed by atoms with E-state index in [2.05, 4.69) is 10.7 Å². The van der Waals surface area contributed by atoms with E-state index < -0.39 is 0 Å². The molecule has 0 saturated heterocycles. The molecule has 0 atom stereocenters. The summed E-state index contributed by atoms with van der Waals surface area (Å²) in [6, 6.07) is 26.2. The third kappa shape index (κ3) is 6.10. The fourth-order valence-corrected chi connectivity index (χ4v) is 2.89. The Morgan fingerprint density at radius 3 is 2.13 bits per heavy atom. The van der Waals surface area contributed by atoms with Gasteiger partial charge in [-0.25, -0.2) is 0 Å². The third-order valence-electron chi connectivity index (χ3n) is 4.35. The van der Waals surface area contributed by atoms with E-state index in [0.29, 0.717) is 24.5 Å². The first-order valence-corrected chi connectivity index (χ1v) is 9.82. The molecule has 0 aliphatic carbocycles. The number of carbonyl (C=O) groups is 2. The van der Waals surface area contributed by atoms with Gasteiger partial charge in [0.2, 0.25) is 0 Å². The number of rotatable bonds is 9. The number of benzene rings is 3. The van der Waals surface area contributed by atoms with E-state index in [9.17, 15) is 9.59 Å². The van der Waals surface area contributed by atoms with Crippen LogP contribution in [0.5, 0.6) is 5.75 Å². The highest BCUT2D eigenvalue weighted by atomic mass is 16.5. The summed E-state index contributed by atoms with van der Waals surface area (Å²) in [5, 5.41) is 4.42. The Bertz CT molecular complexity index is 944. The predicted molar refractivity (Wildman–Crippen MR) is 117 cm³/mol. The molecule has 3 aromatic rings. The van der Waals surface area contributed by atoms with Crippen molar-refractivity contribution in [2.24, 2.45) is 0 Å². The summed E-state index contributed by atoms with van der Waals surface area (Å²) in [7, 11) is 0. The maximum absolute atomic E-state index is 12.5. The van der Waals surface area contributed by atoms with Crippen molar-refractivity contribution >= 4 is 17.5 Å². The monoisotopic (exact) mass is 403 g/mol. The normalized spacial score (nSPS) is 10.2. The highest BCUT2D eigenvalue weighted by Gasteiger charge is 2.13. The molecule has 0 radical (unpaired) electrons. The number of hydrogen-bond donors (Lipinski definition) is 2. The standard InChI is InChI=1S/C24H25N3O3/c1-2-30-22-15-13-20(14-16-22)24(29)25-17-23(28)26-27(21-11-7-4-8-12-21)18-19-9-5-3-6-10-19/h3-16H,2,17-18H2,1H3,(H,25,29)(H,26,28). The van der Waals surface area contributed by atoms with Gasteiger partial charge in [0.25, 0.3) is 11.8 Å². The van der Waals surface area contributed by atoms with Crippen LogP contribution in [0.25, 0.3) is 0 Å². The molecular formula is C24H25N3O3. The highest BCUT2D eigenvalue weighted by molar-refractivity contribution is 5.96. The minimum Gasteiger partial charge on any atom is -0.494 e. The molecule has 154 valence electrons. The molecule has 0 fully saturated rings. The van der Waals surface area contributed by atoms with Gasteiger partial charge in [-0.05, 0) is 48.9 Å². The maximum Gasteiger partial charge on any atom is 0.257 e. The Balaban J connectivity index is 1.59. The topological polar surface area (TPSA) is 70.7 Å². The van der Waals surface area contributed by atoms with Gasteiger partial charge >= 0.3 is 0 Å². The third-order valence-corrected chi connectivity index (χ3v) is 4.35. The molecule has 0 aromatic heterocycles. The van der Waals surface area contributed by atoms with E-state index in [1.54, 1.807) is 29.3 Å². The Morgan fingerprint density at radius 1 is 0.867 bits per heavy atom. The van der Waals surface area contributed by atoms with Crippen molar-refractivity contribution in [1.29, 1.82) is 0 Å². The van der Waals surface area contributed by atoms with Gasteiger partial charge in [-0.3, -0.25) is 20.0 Å². The number of ether oxygens (including phenoxy) is 1. The fraction of sp³-hybridized carbons (Fsp3) is 0.167. The van der Waals surface area contributed by atoms with Crippen LogP contribution in [0.3, 0.4) is 0 Å². The molecule has 0 saturated carbocycles. The zero-order chi connectivity index (χ0) is 21.2. The van der Waals surface area contributed by atoms with E-state index in [0.717, 1.165) is 11.3 Å². The zero-order valence-corrected chi connectivity index (χ0v) is 16.9. The maximum atomic E-state index is 12.5. The number of anilines is 1. The van der Waals surface area contributed by atoms with Crippen molar-refractivity contribution in [1.82, 2.24) is 10.7 Å². The summed E-state index contributed by atoms with van der Waals surface area (Å²) in [6.07, 6.45) is 0. The molecular weight excluding hydrogens is 378 g/mol. The number of nitrogens with one attached hydrogen (secondary N) is 2. The SMILES string of the molecule is CCOc1ccc(C(=O)NCC(=O)NN(Cc2ccccc2)c2ccccc2)cc1. The van der Waals surface area contributed by atoms with E-state index in [1.165, 1.54) is 0 Å². The van der Waals surface area contributed by atoms with E-state index in [-0.39, 0.29) is 18.4 Å². The molecule has 0 aliphatic rings. The lowest BCUT2D eigenvalue weighted by Gasteiger charge is -2.25. The molecule has 0 aliphatic heterocycles. The number of nitrogens with zero attached hydrogens (tertiary/aromatic N) is 1. The van der Waals surface area contributed by atoms with Crippen LogP contribution in [0.1, 0.15) is 22.8 Å². The Hall–Kier alpha value is -3.80. The van der Waals surface area contributed by atoms with E-state index >= 15 is 0 Å². The Morgan fingerprint density at radius 2 is 1.50 bits per heavy atom. The van der Waals surface area contributed by atoms with Crippen LogP contribution in [0.15, 0.2) is 84.9 Å². The lowest BCUT2D eigenvalue weighted by molar-refractivity contribution is -0.120. The lowest BCUT2D eigenvalue weighted by atomic mass is 10.2. The average molecular weight is 403 g/mol. The molecule has 0 unspecified atom stereocenters.